The Kier molecular flexibility index (Phi) is 3.75. The number of carbonyl (C=O) groups is 2. The van der Waals surface area contributed by atoms with Gasteiger partial charge in [-0.2, -0.15) is 0 Å². The number of para-hydroxylation sites is 2. The van der Waals surface area contributed by atoms with E-state index in [4.69, 9.17) is 0 Å². The van der Waals surface area contributed by atoms with Crippen LogP contribution in [0.15, 0.2) is 53.0 Å². The molecule has 0 saturated carbocycles. The van der Waals surface area contributed by atoms with E-state index in [0.717, 1.165) is 10.0 Å². The summed E-state index contributed by atoms with van der Waals surface area (Å²) in [4.78, 5) is 24.3. The van der Waals surface area contributed by atoms with Crippen LogP contribution in [0.5, 0.6) is 0 Å². The third-order valence-corrected chi connectivity index (χ3v) is 4.14. The zero-order valence-electron chi connectivity index (χ0n) is 11.1. The third-order valence-electron chi connectivity index (χ3n) is 3.45. The van der Waals surface area contributed by atoms with Crippen LogP contribution in [-0.2, 0) is 9.59 Å². The van der Waals surface area contributed by atoms with Crippen LogP contribution in [0.3, 0.4) is 0 Å². The van der Waals surface area contributed by atoms with Gasteiger partial charge in [0, 0.05) is 16.6 Å². The highest BCUT2D eigenvalue weighted by Crippen LogP contribution is 2.33. The molecular formula is C16H13BrN2O2. The fourth-order valence-electron chi connectivity index (χ4n) is 2.43. The smallest absolute Gasteiger partial charge is 0.232 e. The molecule has 1 heterocycles. The molecule has 0 fully saturated rings. The van der Waals surface area contributed by atoms with Gasteiger partial charge in [-0.1, -0.05) is 30.3 Å². The zero-order valence-corrected chi connectivity index (χ0v) is 12.7. The number of nitrogens with one attached hydrogen (secondary N) is 2. The highest BCUT2D eigenvalue weighted by molar-refractivity contribution is 9.10. The monoisotopic (exact) mass is 344 g/mol. The lowest BCUT2D eigenvalue weighted by Gasteiger charge is -2.24. The van der Waals surface area contributed by atoms with E-state index in [1.807, 2.05) is 48.5 Å². The van der Waals surface area contributed by atoms with E-state index in [-0.39, 0.29) is 18.2 Å². The van der Waals surface area contributed by atoms with E-state index in [2.05, 4.69) is 26.6 Å². The van der Waals surface area contributed by atoms with Crippen LogP contribution < -0.4 is 10.6 Å². The summed E-state index contributed by atoms with van der Waals surface area (Å²) in [6, 6.07) is 14.8. The van der Waals surface area contributed by atoms with Crippen molar-refractivity contribution in [3.05, 3.63) is 58.6 Å². The van der Waals surface area contributed by atoms with E-state index in [0.29, 0.717) is 11.4 Å². The second-order valence-electron chi connectivity index (χ2n) is 4.86. The fourth-order valence-corrected chi connectivity index (χ4v) is 2.81. The van der Waals surface area contributed by atoms with Crippen molar-refractivity contribution in [2.24, 2.45) is 0 Å². The molecule has 21 heavy (non-hydrogen) atoms. The number of amides is 2. The number of halogens is 1. The number of carbonyl (C=O) groups excluding carboxylic acids is 2. The van der Waals surface area contributed by atoms with Crippen LogP contribution in [0.25, 0.3) is 0 Å². The van der Waals surface area contributed by atoms with Gasteiger partial charge in [0.25, 0.3) is 0 Å². The Morgan fingerprint density at radius 1 is 1.14 bits per heavy atom. The predicted molar refractivity (Wildman–Crippen MR) is 85.2 cm³/mol. The first kappa shape index (κ1) is 13.8. The number of rotatable bonds is 2. The highest BCUT2D eigenvalue weighted by atomic mass is 79.9. The molecule has 1 unspecified atom stereocenters. The van der Waals surface area contributed by atoms with Gasteiger partial charge in [0.15, 0.2) is 0 Å². The summed E-state index contributed by atoms with van der Waals surface area (Å²) >= 11 is 3.40. The Balaban J connectivity index is 1.88. The van der Waals surface area contributed by atoms with Crippen LogP contribution in [-0.4, -0.2) is 11.8 Å². The van der Waals surface area contributed by atoms with Crippen LogP contribution >= 0.6 is 15.9 Å². The first-order valence-corrected chi connectivity index (χ1v) is 7.38. The molecule has 3 rings (SSSR count). The minimum Gasteiger partial charge on any atom is -0.326 e. The molecule has 0 aliphatic carbocycles. The minimum atomic E-state index is -0.470. The topological polar surface area (TPSA) is 58.2 Å². The summed E-state index contributed by atoms with van der Waals surface area (Å²) in [5.74, 6) is -0.785. The summed E-state index contributed by atoms with van der Waals surface area (Å²) in [7, 11) is 0. The summed E-state index contributed by atoms with van der Waals surface area (Å²) in [6.45, 7) is 0. The Hall–Kier alpha value is -2.14. The second-order valence-corrected chi connectivity index (χ2v) is 5.72. The highest BCUT2D eigenvalue weighted by Gasteiger charge is 2.30. The lowest BCUT2D eigenvalue weighted by Crippen LogP contribution is -2.30. The minimum absolute atomic E-state index is 0.138. The molecule has 2 aromatic carbocycles. The van der Waals surface area contributed by atoms with Crippen molar-refractivity contribution >= 4 is 39.1 Å². The molecule has 2 N–H and O–H groups in total. The maximum absolute atomic E-state index is 12.5. The lowest BCUT2D eigenvalue weighted by molar-refractivity contribution is -0.123. The maximum atomic E-state index is 12.5. The third kappa shape index (κ3) is 2.83. The van der Waals surface area contributed by atoms with E-state index >= 15 is 0 Å². The van der Waals surface area contributed by atoms with Crippen molar-refractivity contribution in [2.45, 2.75) is 12.3 Å². The first-order chi connectivity index (χ1) is 10.1. The average Bonchev–Trinajstić information content (AvgIpc) is 2.48. The normalized spacial score (nSPS) is 16.8. The molecule has 0 aromatic heterocycles. The molecule has 1 atom stereocenters. The van der Waals surface area contributed by atoms with Crippen LogP contribution in [0.4, 0.5) is 11.4 Å². The van der Waals surface area contributed by atoms with Crippen molar-refractivity contribution in [3.8, 4) is 0 Å². The summed E-state index contributed by atoms with van der Waals surface area (Å²) < 4.78 is 0.812. The summed E-state index contributed by atoms with van der Waals surface area (Å²) in [5, 5.41) is 5.67. The van der Waals surface area contributed by atoms with E-state index < -0.39 is 5.92 Å². The van der Waals surface area contributed by atoms with E-state index in [1.165, 1.54) is 0 Å². The number of hydrogen-bond acceptors (Lipinski definition) is 2. The molecule has 0 spiro atoms. The molecule has 0 radical (unpaired) electrons. The molecule has 1 aliphatic heterocycles. The number of benzene rings is 2. The van der Waals surface area contributed by atoms with Crippen LogP contribution in [0.2, 0.25) is 0 Å². The number of hydrogen-bond donors (Lipinski definition) is 2. The van der Waals surface area contributed by atoms with Crippen molar-refractivity contribution in [3.63, 3.8) is 0 Å². The summed E-state index contributed by atoms with van der Waals surface area (Å²) in [6.07, 6.45) is 0.160. The van der Waals surface area contributed by atoms with Gasteiger partial charge < -0.3 is 10.6 Å². The molecule has 1 aliphatic rings. The van der Waals surface area contributed by atoms with Crippen molar-refractivity contribution < 1.29 is 9.59 Å². The Labute approximate surface area is 130 Å². The van der Waals surface area contributed by atoms with Crippen LogP contribution in [0, 0.1) is 0 Å². The fraction of sp³-hybridized carbons (Fsp3) is 0.125. The molecule has 0 bridgehead atoms. The molecule has 4 nitrogen and oxygen atoms in total. The predicted octanol–water partition coefficient (Wildman–Crippen LogP) is 3.51. The number of anilines is 2. The van der Waals surface area contributed by atoms with Gasteiger partial charge in [0.1, 0.15) is 0 Å². The van der Waals surface area contributed by atoms with Crippen molar-refractivity contribution in [2.75, 3.05) is 10.6 Å². The van der Waals surface area contributed by atoms with Gasteiger partial charge in [0.2, 0.25) is 11.8 Å². The standard InChI is InChI=1S/C16H13BrN2O2/c17-12-6-2-4-8-14(12)19-16(21)11-9-15(20)18-13-7-3-1-5-10(11)13/h1-8,11H,9H2,(H,18,20)(H,19,21). The molecule has 0 saturated heterocycles. The zero-order chi connectivity index (χ0) is 14.8. The second kappa shape index (κ2) is 5.69. The van der Waals surface area contributed by atoms with E-state index in [1.54, 1.807) is 0 Å². The Morgan fingerprint density at radius 3 is 2.67 bits per heavy atom. The number of fused-ring (bicyclic) bond motifs is 1. The van der Waals surface area contributed by atoms with Gasteiger partial charge in [-0.3, -0.25) is 9.59 Å². The SMILES string of the molecule is O=C1CC(C(=O)Nc2ccccc2Br)c2ccccc2N1. The molecule has 106 valence electrons. The van der Waals surface area contributed by atoms with Crippen molar-refractivity contribution in [1.29, 1.82) is 0 Å². The van der Waals surface area contributed by atoms with Crippen molar-refractivity contribution in [1.82, 2.24) is 0 Å². The van der Waals surface area contributed by atoms with Gasteiger partial charge in [-0.05, 0) is 39.7 Å². The largest absolute Gasteiger partial charge is 0.326 e. The summed E-state index contributed by atoms with van der Waals surface area (Å²) in [5.41, 5.74) is 2.26. The van der Waals surface area contributed by atoms with E-state index in [9.17, 15) is 9.59 Å². The van der Waals surface area contributed by atoms with Gasteiger partial charge in [-0.25, -0.2) is 0 Å². The van der Waals surface area contributed by atoms with Gasteiger partial charge >= 0.3 is 0 Å². The van der Waals surface area contributed by atoms with Crippen LogP contribution in [0.1, 0.15) is 17.9 Å². The lowest BCUT2D eigenvalue weighted by atomic mass is 9.90. The molecule has 2 aromatic rings. The Bertz CT molecular complexity index is 715. The molecule has 2 amide bonds. The molecule has 5 heteroatoms. The maximum Gasteiger partial charge on any atom is 0.232 e. The quantitative estimate of drug-likeness (QED) is 0.875. The first-order valence-electron chi connectivity index (χ1n) is 6.59. The average molecular weight is 345 g/mol. The van der Waals surface area contributed by atoms with Gasteiger partial charge in [-0.15, -0.1) is 0 Å². The van der Waals surface area contributed by atoms with Gasteiger partial charge in [0.05, 0.1) is 11.6 Å². The molecular weight excluding hydrogens is 332 g/mol. The Morgan fingerprint density at radius 2 is 1.86 bits per heavy atom.